The summed E-state index contributed by atoms with van der Waals surface area (Å²) in [5.41, 5.74) is 2.90. The van der Waals surface area contributed by atoms with E-state index < -0.39 is 0 Å². The van der Waals surface area contributed by atoms with Gasteiger partial charge in [0, 0.05) is 39.8 Å². The number of para-hydroxylation sites is 1. The molecule has 1 unspecified atom stereocenters. The molecular weight excluding hydrogens is 458 g/mol. The Labute approximate surface area is 189 Å². The van der Waals surface area contributed by atoms with Crippen molar-refractivity contribution in [2.45, 2.75) is 25.9 Å². The number of carbonyl (C=O) groups excluding carboxylic acids is 1. The Kier molecular flexibility index (Phi) is 6.28. The molecule has 1 aromatic heterocycles. The molecule has 0 spiro atoms. The van der Waals surface area contributed by atoms with Crippen molar-refractivity contribution in [1.29, 1.82) is 5.26 Å². The van der Waals surface area contributed by atoms with Crippen LogP contribution in [0.25, 0.3) is 17.0 Å². The van der Waals surface area contributed by atoms with Gasteiger partial charge in [0.15, 0.2) is 11.5 Å². The first kappa shape index (κ1) is 21.0. The number of amides is 1. The third-order valence-electron chi connectivity index (χ3n) is 5.18. The van der Waals surface area contributed by atoms with Crippen LogP contribution in [-0.4, -0.2) is 23.7 Å². The smallest absolute Gasteiger partial charge is 0.244 e. The van der Waals surface area contributed by atoms with Gasteiger partial charge in [-0.15, -0.1) is 0 Å². The normalized spacial score (nSPS) is 13.8. The standard InChI is InChI=1S/C24H22BrN3O3/c1-16(19-13-22-23(14-20(19)25)31-12-11-30-22)27-24(29)8-7-17-15-28(10-4-9-26)21-6-3-2-5-18(17)21/h2-3,5-8,13-16H,4,10-12H2,1H3,(H,27,29)/b8-7+. The van der Waals surface area contributed by atoms with E-state index in [1.165, 1.54) is 0 Å². The van der Waals surface area contributed by atoms with Crippen LogP contribution in [0.4, 0.5) is 0 Å². The topological polar surface area (TPSA) is 76.3 Å². The van der Waals surface area contributed by atoms with Crippen molar-refractivity contribution in [3.63, 3.8) is 0 Å². The minimum atomic E-state index is -0.223. The number of hydrogen-bond acceptors (Lipinski definition) is 4. The fourth-order valence-corrected chi connectivity index (χ4v) is 4.35. The Morgan fingerprint density at radius 1 is 1.29 bits per heavy atom. The number of rotatable bonds is 6. The summed E-state index contributed by atoms with van der Waals surface area (Å²) in [4.78, 5) is 12.6. The second kappa shape index (κ2) is 9.27. The van der Waals surface area contributed by atoms with Crippen LogP contribution >= 0.6 is 15.9 Å². The highest BCUT2D eigenvalue weighted by molar-refractivity contribution is 9.10. The van der Waals surface area contributed by atoms with Crippen molar-refractivity contribution < 1.29 is 14.3 Å². The van der Waals surface area contributed by atoms with E-state index in [4.69, 9.17) is 14.7 Å². The zero-order valence-electron chi connectivity index (χ0n) is 17.1. The number of ether oxygens (including phenoxy) is 2. The van der Waals surface area contributed by atoms with Gasteiger partial charge in [-0.2, -0.15) is 5.26 Å². The lowest BCUT2D eigenvalue weighted by atomic mass is 10.1. The van der Waals surface area contributed by atoms with E-state index in [0.717, 1.165) is 26.5 Å². The quantitative estimate of drug-likeness (QED) is 0.505. The summed E-state index contributed by atoms with van der Waals surface area (Å²) in [6, 6.07) is 13.7. The first-order valence-corrected chi connectivity index (χ1v) is 10.9. The minimum Gasteiger partial charge on any atom is -0.486 e. The lowest BCUT2D eigenvalue weighted by Gasteiger charge is -2.22. The molecule has 0 bridgehead atoms. The molecule has 1 aliphatic heterocycles. The average Bonchev–Trinajstić information content (AvgIpc) is 3.13. The highest BCUT2D eigenvalue weighted by Crippen LogP contribution is 2.37. The van der Waals surface area contributed by atoms with Crippen LogP contribution in [0.2, 0.25) is 0 Å². The van der Waals surface area contributed by atoms with E-state index in [2.05, 4.69) is 27.3 Å². The Hall–Kier alpha value is -3.24. The SMILES string of the molecule is CC(NC(=O)/C=C/c1cn(CCC#N)c2ccccc12)c1cc2c(cc1Br)OCCO2. The molecule has 0 aliphatic carbocycles. The molecule has 0 radical (unpaired) electrons. The van der Waals surface area contributed by atoms with E-state index in [0.29, 0.717) is 37.7 Å². The van der Waals surface area contributed by atoms with Crippen molar-refractivity contribution in [2.75, 3.05) is 13.2 Å². The third-order valence-corrected chi connectivity index (χ3v) is 5.87. The van der Waals surface area contributed by atoms with Crippen molar-refractivity contribution in [2.24, 2.45) is 0 Å². The van der Waals surface area contributed by atoms with Crippen molar-refractivity contribution >= 4 is 38.8 Å². The molecule has 1 amide bonds. The van der Waals surface area contributed by atoms with E-state index in [1.54, 1.807) is 6.08 Å². The summed E-state index contributed by atoms with van der Waals surface area (Å²) in [5.74, 6) is 1.20. The molecule has 158 valence electrons. The van der Waals surface area contributed by atoms with Gasteiger partial charge < -0.3 is 19.4 Å². The fourth-order valence-electron chi connectivity index (χ4n) is 3.68. The van der Waals surface area contributed by atoms with Gasteiger partial charge in [-0.3, -0.25) is 4.79 Å². The van der Waals surface area contributed by atoms with Crippen LogP contribution in [0.5, 0.6) is 11.5 Å². The predicted molar refractivity (Wildman–Crippen MR) is 123 cm³/mol. The molecule has 2 aromatic carbocycles. The molecule has 0 saturated carbocycles. The van der Waals surface area contributed by atoms with E-state index in [-0.39, 0.29) is 11.9 Å². The average molecular weight is 480 g/mol. The molecule has 0 fully saturated rings. The van der Waals surface area contributed by atoms with Gasteiger partial charge in [-0.05, 0) is 36.8 Å². The number of carbonyl (C=O) groups is 1. The van der Waals surface area contributed by atoms with Gasteiger partial charge in [0.2, 0.25) is 5.91 Å². The van der Waals surface area contributed by atoms with Gasteiger partial charge in [-0.1, -0.05) is 34.1 Å². The predicted octanol–water partition coefficient (Wildman–Crippen LogP) is 4.98. The maximum Gasteiger partial charge on any atom is 0.244 e. The molecule has 1 aliphatic rings. The first-order valence-electron chi connectivity index (χ1n) is 10.1. The highest BCUT2D eigenvalue weighted by Gasteiger charge is 2.19. The Balaban J connectivity index is 1.50. The van der Waals surface area contributed by atoms with E-state index >= 15 is 0 Å². The van der Waals surface area contributed by atoms with Gasteiger partial charge >= 0.3 is 0 Å². The van der Waals surface area contributed by atoms with E-state index in [9.17, 15) is 4.79 Å². The van der Waals surface area contributed by atoms with Gasteiger partial charge in [0.25, 0.3) is 0 Å². The maximum absolute atomic E-state index is 12.6. The molecule has 3 aromatic rings. The number of fused-ring (bicyclic) bond motifs is 2. The van der Waals surface area contributed by atoms with Crippen LogP contribution in [0.3, 0.4) is 0 Å². The molecule has 4 rings (SSSR count). The molecule has 2 heterocycles. The second-order valence-corrected chi connectivity index (χ2v) is 8.14. The van der Waals surface area contributed by atoms with Gasteiger partial charge in [-0.25, -0.2) is 0 Å². The summed E-state index contributed by atoms with van der Waals surface area (Å²) in [7, 11) is 0. The largest absolute Gasteiger partial charge is 0.486 e. The monoisotopic (exact) mass is 479 g/mol. The lowest BCUT2D eigenvalue weighted by molar-refractivity contribution is -0.117. The Bertz CT molecular complexity index is 1190. The third kappa shape index (κ3) is 4.59. The molecule has 7 heteroatoms. The Morgan fingerprint density at radius 2 is 2.03 bits per heavy atom. The number of aromatic nitrogens is 1. The van der Waals surface area contributed by atoms with Crippen molar-refractivity contribution in [3.05, 3.63) is 64.3 Å². The summed E-state index contributed by atoms with van der Waals surface area (Å²) >= 11 is 3.56. The number of nitrogens with zero attached hydrogens (tertiary/aromatic N) is 2. The lowest BCUT2D eigenvalue weighted by Crippen LogP contribution is -2.25. The number of nitriles is 1. The summed E-state index contributed by atoms with van der Waals surface area (Å²) in [6.45, 7) is 3.59. The van der Waals surface area contributed by atoms with Crippen LogP contribution in [-0.2, 0) is 11.3 Å². The summed E-state index contributed by atoms with van der Waals surface area (Å²) < 4.78 is 14.2. The molecule has 0 saturated heterocycles. The van der Waals surface area contributed by atoms with Crippen LogP contribution in [0.1, 0.15) is 30.5 Å². The van der Waals surface area contributed by atoms with Crippen LogP contribution in [0.15, 0.2) is 53.1 Å². The Morgan fingerprint density at radius 3 is 2.81 bits per heavy atom. The number of halogens is 1. The summed E-state index contributed by atoms with van der Waals surface area (Å²) in [5, 5.41) is 12.9. The van der Waals surface area contributed by atoms with Gasteiger partial charge in [0.05, 0.1) is 18.5 Å². The zero-order valence-corrected chi connectivity index (χ0v) is 18.7. The number of nitrogens with one attached hydrogen (secondary N) is 1. The first-order chi connectivity index (χ1) is 15.1. The van der Waals surface area contributed by atoms with Crippen LogP contribution in [0, 0.1) is 11.3 Å². The molecular formula is C24H22BrN3O3. The fraction of sp³-hybridized carbons (Fsp3) is 0.250. The second-order valence-electron chi connectivity index (χ2n) is 7.28. The van der Waals surface area contributed by atoms with Crippen molar-refractivity contribution in [3.8, 4) is 17.6 Å². The van der Waals surface area contributed by atoms with Crippen molar-refractivity contribution in [1.82, 2.24) is 9.88 Å². The number of hydrogen-bond donors (Lipinski definition) is 1. The minimum absolute atomic E-state index is 0.192. The molecule has 1 N–H and O–H groups in total. The molecule has 6 nitrogen and oxygen atoms in total. The summed E-state index contributed by atoms with van der Waals surface area (Å²) in [6.07, 6.45) is 5.77. The van der Waals surface area contributed by atoms with Crippen LogP contribution < -0.4 is 14.8 Å². The molecule has 1 atom stereocenters. The van der Waals surface area contributed by atoms with E-state index in [1.807, 2.05) is 60.2 Å². The maximum atomic E-state index is 12.6. The number of aryl methyl sites for hydroxylation is 1. The molecule has 31 heavy (non-hydrogen) atoms. The number of benzene rings is 2. The highest BCUT2D eigenvalue weighted by atomic mass is 79.9. The van der Waals surface area contributed by atoms with Gasteiger partial charge in [0.1, 0.15) is 13.2 Å². The zero-order chi connectivity index (χ0) is 21.8.